The molecule has 2 amide bonds. The first-order valence-corrected chi connectivity index (χ1v) is 23.6. The Hall–Kier alpha value is -6.97. The second-order valence-electron chi connectivity index (χ2n) is 15.4. The Balaban J connectivity index is 1.03. The SMILES string of the molecule is O=C(Nc1cnc(C(C(=O)O)c2nc(NC(=O)C(Oc3ccc(F)cc3F)c3ccc(S(=O)(=O)C4CC4)cc3)ccc2Cl)cn1)C(Oc1ccc(F)cc1F)c1ccc(S(=O)(=O)C2CC2)cc1. The fourth-order valence-electron chi connectivity index (χ4n) is 6.80. The maximum atomic E-state index is 14.8. The van der Waals surface area contributed by atoms with Gasteiger partial charge in [-0.1, -0.05) is 35.9 Å². The number of amides is 2. The van der Waals surface area contributed by atoms with Gasteiger partial charge in [0.1, 0.15) is 23.4 Å². The highest BCUT2D eigenvalue weighted by Gasteiger charge is 2.38. The summed E-state index contributed by atoms with van der Waals surface area (Å²) in [7, 11) is -7.22. The predicted molar refractivity (Wildman–Crippen MR) is 231 cm³/mol. The lowest BCUT2D eigenvalue weighted by Gasteiger charge is -2.21. The van der Waals surface area contributed by atoms with E-state index in [0.717, 1.165) is 36.7 Å². The smallest absolute Gasteiger partial charge is 0.318 e. The van der Waals surface area contributed by atoms with Crippen LogP contribution in [0.15, 0.2) is 119 Å². The number of carboxylic acids is 1. The van der Waals surface area contributed by atoms with Gasteiger partial charge in [0.15, 0.2) is 48.6 Å². The Bertz CT molecular complexity index is 3130. The molecule has 3 atom stereocenters. The van der Waals surface area contributed by atoms with Crippen LogP contribution in [-0.2, 0) is 34.1 Å². The number of carbonyl (C=O) groups is 3. The fourth-order valence-corrected chi connectivity index (χ4v) is 10.3. The molecule has 0 spiro atoms. The van der Waals surface area contributed by atoms with E-state index >= 15 is 0 Å². The van der Waals surface area contributed by atoms with Crippen LogP contribution in [0.1, 0.15) is 66.3 Å². The Kier molecular flexibility index (Phi) is 13.0. The zero-order valence-electron chi connectivity index (χ0n) is 34.3. The summed E-state index contributed by atoms with van der Waals surface area (Å²) in [5.41, 5.74) is -0.450. The van der Waals surface area contributed by atoms with Crippen molar-refractivity contribution in [3.05, 3.63) is 160 Å². The quantitative estimate of drug-likeness (QED) is 0.0748. The second kappa shape index (κ2) is 18.7. The Morgan fingerprint density at radius 3 is 1.49 bits per heavy atom. The second-order valence-corrected chi connectivity index (χ2v) is 20.3. The fraction of sp³-hybridized carbons (Fsp3) is 0.200. The Morgan fingerprint density at radius 2 is 1.09 bits per heavy atom. The van der Waals surface area contributed by atoms with Crippen LogP contribution in [0.2, 0.25) is 5.02 Å². The molecule has 2 aliphatic rings. The summed E-state index contributed by atoms with van der Waals surface area (Å²) in [5, 5.41) is 14.1. The molecule has 0 radical (unpaired) electrons. The molecule has 2 aliphatic carbocycles. The average molecular weight is 980 g/mol. The molecule has 15 nitrogen and oxygen atoms in total. The van der Waals surface area contributed by atoms with Crippen molar-refractivity contribution >= 4 is 60.7 Å². The minimum absolute atomic E-state index is 0.00414. The summed E-state index contributed by atoms with van der Waals surface area (Å²) in [6, 6.07) is 17.6. The van der Waals surface area contributed by atoms with E-state index in [1.54, 1.807) is 0 Å². The minimum Gasteiger partial charge on any atom is -0.480 e. The van der Waals surface area contributed by atoms with Crippen molar-refractivity contribution in [3.63, 3.8) is 0 Å². The highest BCUT2D eigenvalue weighted by Crippen LogP contribution is 2.37. The maximum Gasteiger partial charge on any atom is 0.318 e. The number of hydrogen-bond donors (Lipinski definition) is 3. The molecule has 67 heavy (non-hydrogen) atoms. The number of pyridine rings is 1. The summed E-state index contributed by atoms with van der Waals surface area (Å²) in [5.74, 6) is -10.9. The van der Waals surface area contributed by atoms with E-state index in [-0.39, 0.29) is 49.0 Å². The van der Waals surface area contributed by atoms with Crippen molar-refractivity contribution in [1.82, 2.24) is 15.0 Å². The van der Waals surface area contributed by atoms with Crippen LogP contribution < -0.4 is 20.1 Å². The average Bonchev–Trinajstić information content (AvgIpc) is 4.22. The van der Waals surface area contributed by atoms with Crippen LogP contribution in [-0.4, -0.2) is 65.2 Å². The van der Waals surface area contributed by atoms with Crippen LogP contribution in [0.3, 0.4) is 0 Å². The predicted octanol–water partition coefficient (Wildman–Crippen LogP) is 7.69. The lowest BCUT2D eigenvalue weighted by molar-refractivity contribution is -0.138. The van der Waals surface area contributed by atoms with Gasteiger partial charge in [-0.2, -0.15) is 0 Å². The topological polar surface area (TPSA) is 221 Å². The molecular formula is C45H34ClF4N5O10S2. The van der Waals surface area contributed by atoms with Crippen molar-refractivity contribution in [2.24, 2.45) is 0 Å². The summed E-state index contributed by atoms with van der Waals surface area (Å²) in [6.45, 7) is 0. The minimum atomic E-state index is -3.62. The first kappa shape index (κ1) is 46.6. The molecule has 3 N–H and O–H groups in total. The van der Waals surface area contributed by atoms with Gasteiger partial charge in [0.2, 0.25) is 12.2 Å². The Labute approximate surface area is 384 Å². The highest BCUT2D eigenvalue weighted by atomic mass is 35.5. The summed E-state index contributed by atoms with van der Waals surface area (Å²) >= 11 is 6.44. The van der Waals surface area contributed by atoms with Crippen LogP contribution in [0.4, 0.5) is 29.2 Å². The molecule has 2 fully saturated rings. The summed E-state index contributed by atoms with van der Waals surface area (Å²) < 4.78 is 120. The zero-order chi connectivity index (χ0) is 47.8. The van der Waals surface area contributed by atoms with E-state index < -0.39 is 101 Å². The van der Waals surface area contributed by atoms with Gasteiger partial charge in [-0.05, 0) is 86.3 Å². The van der Waals surface area contributed by atoms with Gasteiger partial charge in [0.05, 0.1) is 49.1 Å². The number of rotatable bonds is 17. The Morgan fingerprint density at radius 1 is 0.627 bits per heavy atom. The van der Waals surface area contributed by atoms with Crippen molar-refractivity contribution in [1.29, 1.82) is 0 Å². The van der Waals surface area contributed by atoms with E-state index in [0.29, 0.717) is 37.8 Å². The number of sulfone groups is 2. The number of carbonyl (C=O) groups excluding carboxylic acids is 2. The van der Waals surface area contributed by atoms with E-state index in [1.807, 2.05) is 0 Å². The molecule has 2 heterocycles. The molecule has 2 aromatic heterocycles. The number of nitrogens with zero attached hydrogens (tertiary/aromatic N) is 3. The molecule has 3 unspecified atom stereocenters. The van der Waals surface area contributed by atoms with Gasteiger partial charge in [0.25, 0.3) is 11.8 Å². The summed E-state index contributed by atoms with van der Waals surface area (Å²) in [6.07, 6.45) is 0.669. The van der Waals surface area contributed by atoms with Crippen LogP contribution in [0.25, 0.3) is 0 Å². The number of carboxylic acid groups (broad SMARTS) is 1. The van der Waals surface area contributed by atoms with E-state index in [9.17, 15) is 53.9 Å². The molecular weight excluding hydrogens is 946 g/mol. The van der Waals surface area contributed by atoms with Gasteiger partial charge in [-0.25, -0.2) is 44.4 Å². The monoisotopic (exact) mass is 979 g/mol. The third-order valence-corrected chi connectivity index (χ3v) is 15.4. The lowest BCUT2D eigenvalue weighted by Crippen LogP contribution is -2.27. The number of hydrogen-bond acceptors (Lipinski definition) is 12. The van der Waals surface area contributed by atoms with E-state index in [4.69, 9.17) is 21.1 Å². The third kappa shape index (κ3) is 10.4. The molecule has 8 rings (SSSR count). The molecule has 0 bridgehead atoms. The normalized spacial score (nSPS) is 15.2. The van der Waals surface area contributed by atoms with E-state index in [2.05, 4.69) is 25.6 Å². The van der Waals surface area contributed by atoms with E-state index in [1.165, 1.54) is 60.7 Å². The number of nitrogens with one attached hydrogen (secondary N) is 2. The highest BCUT2D eigenvalue weighted by molar-refractivity contribution is 7.92. The lowest BCUT2D eigenvalue weighted by atomic mass is 10.0. The number of benzene rings is 4. The molecule has 22 heteroatoms. The molecule has 4 aromatic carbocycles. The van der Waals surface area contributed by atoms with Gasteiger partial charge in [-0.3, -0.25) is 19.4 Å². The van der Waals surface area contributed by atoms with Crippen molar-refractivity contribution < 1.29 is 63.4 Å². The van der Waals surface area contributed by atoms with Crippen LogP contribution in [0, 0.1) is 23.3 Å². The van der Waals surface area contributed by atoms with Crippen molar-refractivity contribution in [2.75, 3.05) is 10.6 Å². The zero-order valence-corrected chi connectivity index (χ0v) is 36.7. The molecule has 2 saturated carbocycles. The number of halogens is 5. The van der Waals surface area contributed by atoms with Crippen molar-refractivity contribution in [2.45, 2.75) is 64.1 Å². The molecule has 346 valence electrons. The third-order valence-electron chi connectivity index (χ3n) is 10.6. The molecule has 0 saturated heterocycles. The number of ether oxygens (including phenoxy) is 2. The van der Waals surface area contributed by atoms with Crippen LogP contribution >= 0.6 is 11.6 Å². The first-order chi connectivity index (χ1) is 31.9. The largest absolute Gasteiger partial charge is 0.480 e. The van der Waals surface area contributed by atoms with Gasteiger partial charge in [-0.15, -0.1) is 0 Å². The number of aromatic nitrogens is 3. The summed E-state index contributed by atoms with van der Waals surface area (Å²) in [4.78, 5) is 52.9. The number of aliphatic carboxylic acids is 1. The van der Waals surface area contributed by atoms with Crippen LogP contribution in [0.5, 0.6) is 11.5 Å². The molecule has 0 aliphatic heterocycles. The molecule has 6 aromatic rings. The van der Waals surface area contributed by atoms with Gasteiger partial charge < -0.3 is 25.2 Å². The standard InChI is InChI=1S/C45H34ClF4N5O10S2/c46-31-15-18-37(54-43(56)41(64-35-16-5-25(47)19-32(35)49)23-1-7-27(8-2-23)66(60,61)29-11-12-29)53-40(31)39(45(58)59)34-21-52-38(22-51-34)55-44(57)42(65-36-17-6-26(48)20-33(36)50)24-3-9-28(10-4-24)67(62,63)30-13-14-30/h1-10,15-22,29-30,39,41-42H,11-14H2,(H,58,59)(H,52,55,57)(H,53,54,56). The first-order valence-electron chi connectivity index (χ1n) is 20.1. The van der Waals surface area contributed by atoms with Gasteiger partial charge >= 0.3 is 5.97 Å². The van der Waals surface area contributed by atoms with Gasteiger partial charge in [0, 0.05) is 23.3 Å². The number of anilines is 2. The maximum absolute atomic E-state index is 14.8. The van der Waals surface area contributed by atoms with Crippen molar-refractivity contribution in [3.8, 4) is 11.5 Å².